The van der Waals surface area contributed by atoms with Crippen molar-refractivity contribution in [2.45, 2.75) is 39.2 Å². The predicted molar refractivity (Wildman–Crippen MR) is 118 cm³/mol. The molecule has 0 bridgehead atoms. The number of ether oxygens (including phenoxy) is 1. The number of anilines is 1. The van der Waals surface area contributed by atoms with Gasteiger partial charge in [-0.3, -0.25) is 4.68 Å². The molecule has 14 heteroatoms. The fraction of sp³-hybridized carbons (Fsp3) is 0.429. The summed E-state index contributed by atoms with van der Waals surface area (Å²) < 4.78 is 58.1. The maximum atomic E-state index is 13.2. The van der Waals surface area contributed by atoms with E-state index < -0.39 is 24.6 Å². The topological polar surface area (TPSA) is 111 Å². The molecule has 0 saturated heterocycles. The van der Waals surface area contributed by atoms with Crippen molar-refractivity contribution in [1.82, 2.24) is 30.0 Å². The van der Waals surface area contributed by atoms with Crippen molar-refractivity contribution in [3.8, 4) is 0 Å². The summed E-state index contributed by atoms with van der Waals surface area (Å²) in [5.74, 6) is -0.212. The summed E-state index contributed by atoms with van der Waals surface area (Å²) in [7, 11) is 0. The second kappa shape index (κ2) is 9.72. The number of urea groups is 1. The Kier molecular flexibility index (Phi) is 6.88. The monoisotopic (exact) mass is 515 g/mol. The predicted octanol–water partition coefficient (Wildman–Crippen LogP) is 3.57. The number of nitrogens with two attached hydrogens (primary N) is 1. The third-order valence-electron chi connectivity index (χ3n) is 5.51. The molecule has 4 rings (SSSR count). The second-order valence-corrected chi connectivity index (χ2v) is 8.72. The van der Waals surface area contributed by atoms with Crippen LogP contribution in [0.1, 0.15) is 30.3 Å². The molecule has 9 nitrogen and oxygen atoms in total. The number of carbonyl (C=O) groups excluding carboxylic acids is 1. The summed E-state index contributed by atoms with van der Waals surface area (Å²) in [5, 5.41) is 6.30. The Balaban J connectivity index is 1.61. The van der Waals surface area contributed by atoms with E-state index in [-0.39, 0.29) is 38.1 Å². The first-order valence-corrected chi connectivity index (χ1v) is 11.0. The lowest BCUT2D eigenvalue weighted by atomic mass is 9.87. The van der Waals surface area contributed by atoms with Crippen molar-refractivity contribution < 1.29 is 27.1 Å². The molecule has 0 aromatic carbocycles. The molecule has 1 unspecified atom stereocenters. The molecule has 0 saturated carbocycles. The molecule has 0 radical (unpaired) electrons. The highest BCUT2D eigenvalue weighted by molar-refractivity contribution is 6.30. The Morgan fingerprint density at radius 2 is 2.11 bits per heavy atom. The van der Waals surface area contributed by atoms with Crippen molar-refractivity contribution >= 4 is 29.2 Å². The highest BCUT2D eigenvalue weighted by atomic mass is 35.5. The van der Waals surface area contributed by atoms with Crippen LogP contribution in [0.2, 0.25) is 0 Å². The van der Waals surface area contributed by atoms with Gasteiger partial charge in [-0.15, -0.1) is 0 Å². The van der Waals surface area contributed by atoms with Gasteiger partial charge in [0.15, 0.2) is 5.82 Å². The van der Waals surface area contributed by atoms with E-state index in [0.29, 0.717) is 39.7 Å². The Morgan fingerprint density at radius 3 is 2.80 bits per heavy atom. The SMILES string of the molecule is CC1CC(Cl)=CC(OCCn2cc(F)cn2)=C1c1nc(N)nc2c1CN(C(=O)NCC(F)(F)F)C2. The van der Waals surface area contributed by atoms with E-state index in [0.717, 1.165) is 6.20 Å². The van der Waals surface area contributed by atoms with Crippen LogP contribution < -0.4 is 11.1 Å². The van der Waals surface area contributed by atoms with E-state index in [1.54, 1.807) is 6.08 Å². The number of nitrogens with zero attached hydrogens (tertiary/aromatic N) is 5. The van der Waals surface area contributed by atoms with E-state index in [4.69, 9.17) is 22.1 Å². The summed E-state index contributed by atoms with van der Waals surface area (Å²) in [6.45, 7) is 0.896. The van der Waals surface area contributed by atoms with E-state index in [1.165, 1.54) is 15.8 Å². The number of hydrogen-bond acceptors (Lipinski definition) is 6. The average molecular weight is 516 g/mol. The van der Waals surface area contributed by atoms with Gasteiger partial charge in [-0.2, -0.15) is 18.3 Å². The van der Waals surface area contributed by atoms with Gasteiger partial charge in [0.2, 0.25) is 5.95 Å². The summed E-state index contributed by atoms with van der Waals surface area (Å²) in [6, 6.07) is -0.874. The molecule has 0 fully saturated rings. The molecular weight excluding hydrogens is 494 g/mol. The lowest BCUT2D eigenvalue weighted by Gasteiger charge is -2.25. The van der Waals surface area contributed by atoms with Crippen LogP contribution in [0.3, 0.4) is 0 Å². The van der Waals surface area contributed by atoms with Gasteiger partial charge >= 0.3 is 12.2 Å². The molecule has 1 aliphatic heterocycles. The van der Waals surface area contributed by atoms with Gasteiger partial charge in [0, 0.05) is 16.2 Å². The molecule has 188 valence electrons. The first-order chi connectivity index (χ1) is 16.5. The number of halogens is 5. The van der Waals surface area contributed by atoms with Crippen molar-refractivity contribution in [2.24, 2.45) is 5.92 Å². The molecule has 2 aromatic heterocycles. The van der Waals surface area contributed by atoms with Crippen molar-refractivity contribution in [3.05, 3.63) is 52.0 Å². The van der Waals surface area contributed by atoms with Gasteiger partial charge in [-0.1, -0.05) is 18.5 Å². The molecular formula is C21H22ClF4N7O2. The molecule has 1 atom stereocenters. The minimum Gasteiger partial charge on any atom is -0.491 e. The number of nitrogens with one attached hydrogen (secondary N) is 1. The van der Waals surface area contributed by atoms with Crippen LogP contribution in [-0.4, -0.2) is 50.0 Å². The van der Waals surface area contributed by atoms with Gasteiger partial charge in [0.25, 0.3) is 0 Å². The van der Waals surface area contributed by atoms with Crippen LogP contribution in [0.15, 0.2) is 29.3 Å². The lowest BCUT2D eigenvalue weighted by Crippen LogP contribution is -2.41. The van der Waals surface area contributed by atoms with Crippen molar-refractivity contribution in [3.63, 3.8) is 0 Å². The van der Waals surface area contributed by atoms with Crippen LogP contribution in [0.4, 0.5) is 28.3 Å². The first-order valence-electron chi connectivity index (χ1n) is 10.7. The second-order valence-electron chi connectivity index (χ2n) is 8.23. The van der Waals surface area contributed by atoms with E-state index >= 15 is 0 Å². The fourth-order valence-corrected chi connectivity index (χ4v) is 4.35. The minimum absolute atomic E-state index is 0.00213. The van der Waals surface area contributed by atoms with Crippen molar-refractivity contribution in [2.75, 3.05) is 18.9 Å². The summed E-state index contributed by atoms with van der Waals surface area (Å²) in [5.41, 5.74) is 8.08. The highest BCUT2D eigenvalue weighted by Gasteiger charge is 2.34. The molecule has 2 amide bonds. The van der Waals surface area contributed by atoms with Gasteiger partial charge < -0.3 is 20.7 Å². The van der Waals surface area contributed by atoms with E-state index in [9.17, 15) is 22.4 Å². The van der Waals surface area contributed by atoms with Crippen LogP contribution in [-0.2, 0) is 24.4 Å². The Hall–Kier alpha value is -3.35. The smallest absolute Gasteiger partial charge is 0.405 e. The van der Waals surface area contributed by atoms with Gasteiger partial charge in [0.1, 0.15) is 18.9 Å². The van der Waals surface area contributed by atoms with Gasteiger partial charge in [0.05, 0.1) is 43.4 Å². The number of amides is 2. The standard InChI is InChI=1S/C21H22ClF4N7O2/c1-11-4-12(22)5-16(35-3-2-33-7-13(23)6-29-33)17(11)18-14-8-32(9-15(14)30-19(27)31-18)20(34)28-10-21(24,25)26/h5-7,11H,2-4,8-10H2,1H3,(H,28,34)(H2,27,30,31). The number of rotatable bonds is 6. The maximum absolute atomic E-state index is 13.2. The molecule has 3 heterocycles. The molecule has 0 spiro atoms. The number of alkyl halides is 3. The number of nitrogen functional groups attached to an aromatic ring is 1. The first kappa shape index (κ1) is 24.8. The largest absolute Gasteiger partial charge is 0.491 e. The van der Waals surface area contributed by atoms with Crippen molar-refractivity contribution in [1.29, 1.82) is 0 Å². The van der Waals surface area contributed by atoms with Crippen LogP contribution in [0, 0.1) is 11.7 Å². The normalized spacial score (nSPS) is 17.9. The van der Waals surface area contributed by atoms with Gasteiger partial charge in [-0.05, 0) is 18.4 Å². The van der Waals surface area contributed by atoms with E-state index in [2.05, 4.69) is 15.1 Å². The number of hydrogen-bond donors (Lipinski definition) is 2. The lowest BCUT2D eigenvalue weighted by molar-refractivity contribution is -0.123. The number of allylic oxidation sites excluding steroid dienone is 3. The zero-order valence-electron chi connectivity index (χ0n) is 18.6. The third kappa shape index (κ3) is 5.84. The maximum Gasteiger partial charge on any atom is 0.405 e. The zero-order valence-corrected chi connectivity index (χ0v) is 19.3. The average Bonchev–Trinajstić information content (AvgIpc) is 3.37. The number of aromatic nitrogens is 4. The van der Waals surface area contributed by atoms with Gasteiger partial charge in [-0.25, -0.2) is 19.2 Å². The zero-order chi connectivity index (χ0) is 25.3. The van der Waals surface area contributed by atoms with E-state index in [1.807, 2.05) is 12.2 Å². The Morgan fingerprint density at radius 1 is 1.34 bits per heavy atom. The summed E-state index contributed by atoms with van der Waals surface area (Å²) in [6.07, 6.45) is -0.0362. The third-order valence-corrected chi connectivity index (χ3v) is 5.77. The molecule has 2 aromatic rings. The Bertz CT molecular complexity index is 1190. The molecule has 1 aliphatic carbocycles. The molecule has 3 N–H and O–H groups in total. The minimum atomic E-state index is -4.53. The number of carbonyl (C=O) groups is 1. The quantitative estimate of drug-likeness (QED) is 0.569. The fourth-order valence-electron chi connectivity index (χ4n) is 4.02. The highest BCUT2D eigenvalue weighted by Crippen LogP contribution is 2.40. The summed E-state index contributed by atoms with van der Waals surface area (Å²) in [4.78, 5) is 22.1. The summed E-state index contributed by atoms with van der Waals surface area (Å²) >= 11 is 6.31. The molecule has 35 heavy (non-hydrogen) atoms. The van der Waals surface area contributed by atoms with Crippen LogP contribution in [0.5, 0.6) is 0 Å². The van der Waals surface area contributed by atoms with Crippen LogP contribution >= 0.6 is 11.6 Å². The number of fused-ring (bicyclic) bond motifs is 1. The van der Waals surface area contributed by atoms with Crippen LogP contribution in [0.25, 0.3) is 5.57 Å². The molecule has 2 aliphatic rings. The Labute approximate surface area is 202 Å².